The van der Waals surface area contributed by atoms with Gasteiger partial charge in [-0.2, -0.15) is 0 Å². The van der Waals surface area contributed by atoms with E-state index in [-0.39, 0.29) is 11.2 Å². The quantitative estimate of drug-likeness (QED) is 0.594. The number of imidazole rings is 1. The van der Waals surface area contributed by atoms with Crippen LogP contribution in [0.5, 0.6) is 0 Å². The lowest BCUT2D eigenvalue weighted by molar-refractivity contribution is 0.111. The lowest BCUT2D eigenvalue weighted by atomic mass is 9.73. The van der Waals surface area contributed by atoms with Crippen molar-refractivity contribution in [2.75, 3.05) is 0 Å². The lowest BCUT2D eigenvalue weighted by Crippen LogP contribution is -2.26. The van der Waals surface area contributed by atoms with Crippen molar-refractivity contribution in [2.45, 2.75) is 40.0 Å². The Hall–Kier alpha value is -2.01. The molecule has 0 amide bonds. The van der Waals surface area contributed by atoms with E-state index in [1.807, 2.05) is 4.40 Å². The number of hydrogen-bond donors (Lipinski definition) is 0. The van der Waals surface area contributed by atoms with Crippen LogP contribution in [-0.2, 0) is 12.8 Å². The number of nitrogens with zero attached hydrogens (tertiary/aromatic N) is 2. The van der Waals surface area contributed by atoms with Crippen LogP contribution in [0.4, 0.5) is 4.39 Å². The fourth-order valence-electron chi connectivity index (χ4n) is 3.75. The van der Waals surface area contributed by atoms with Crippen molar-refractivity contribution in [2.24, 2.45) is 11.3 Å². The minimum atomic E-state index is -0.289. The summed E-state index contributed by atoms with van der Waals surface area (Å²) in [4.78, 5) is 18.7. The Morgan fingerprint density at radius 1 is 1.28 bits per heavy atom. The molecule has 1 aliphatic rings. The lowest BCUT2D eigenvalue weighted by Gasteiger charge is -2.33. The topological polar surface area (TPSA) is 34.4 Å². The molecule has 1 unspecified atom stereocenters. The molecule has 0 fully saturated rings. The van der Waals surface area contributed by atoms with Gasteiger partial charge < -0.3 is 0 Å². The third kappa shape index (κ3) is 2.71. The molecule has 0 saturated heterocycles. The molecule has 1 atom stereocenters. The van der Waals surface area contributed by atoms with Gasteiger partial charge in [0.25, 0.3) is 0 Å². The summed E-state index contributed by atoms with van der Waals surface area (Å²) in [6.45, 7) is 6.89. The van der Waals surface area contributed by atoms with Gasteiger partial charge in [0.2, 0.25) is 0 Å². The smallest absolute Gasteiger partial charge is 0.195 e. The second kappa shape index (κ2) is 5.77. The standard InChI is InChI=1S/C20H21FN2OS/c1-20(2,3)13-6-9-15-17(10-13)25-19-22-18(16(11-24)23(15)19)12-4-7-14(21)8-5-12/h4-5,7-8,11,13H,6,9-10H2,1-3H3. The van der Waals surface area contributed by atoms with Gasteiger partial charge in [0.05, 0.1) is 0 Å². The zero-order valence-electron chi connectivity index (χ0n) is 14.7. The minimum Gasteiger partial charge on any atom is -0.296 e. The summed E-state index contributed by atoms with van der Waals surface area (Å²) in [6.07, 6.45) is 4.03. The van der Waals surface area contributed by atoms with E-state index in [4.69, 9.17) is 4.98 Å². The first-order chi connectivity index (χ1) is 11.9. The summed E-state index contributed by atoms with van der Waals surface area (Å²) in [5.74, 6) is 0.364. The number of carbonyl (C=O) groups is 1. The Labute approximate surface area is 150 Å². The van der Waals surface area contributed by atoms with Crippen molar-refractivity contribution in [3.05, 3.63) is 46.3 Å². The van der Waals surface area contributed by atoms with Crippen LogP contribution in [0.1, 0.15) is 48.3 Å². The number of carbonyl (C=O) groups excluding carboxylic acids is 1. The number of fused-ring (bicyclic) bond motifs is 3. The molecule has 5 heteroatoms. The van der Waals surface area contributed by atoms with E-state index in [1.54, 1.807) is 23.5 Å². The van der Waals surface area contributed by atoms with Crippen molar-refractivity contribution in [1.82, 2.24) is 9.38 Å². The van der Waals surface area contributed by atoms with Gasteiger partial charge in [-0.3, -0.25) is 9.20 Å². The molecule has 3 nitrogen and oxygen atoms in total. The number of aromatic nitrogens is 2. The molecule has 0 radical (unpaired) electrons. The normalized spacial score (nSPS) is 17.7. The van der Waals surface area contributed by atoms with Gasteiger partial charge in [-0.05, 0) is 54.9 Å². The molecule has 0 aliphatic heterocycles. The van der Waals surface area contributed by atoms with Crippen LogP contribution in [0, 0.1) is 17.2 Å². The number of hydrogen-bond acceptors (Lipinski definition) is 3. The average molecular weight is 356 g/mol. The number of halogens is 1. The first-order valence-corrected chi connectivity index (χ1v) is 9.44. The highest BCUT2D eigenvalue weighted by atomic mass is 32.1. The Morgan fingerprint density at radius 3 is 2.64 bits per heavy atom. The van der Waals surface area contributed by atoms with E-state index < -0.39 is 0 Å². The maximum absolute atomic E-state index is 13.2. The molecular formula is C20H21FN2OS. The highest BCUT2D eigenvalue weighted by Crippen LogP contribution is 2.41. The van der Waals surface area contributed by atoms with E-state index in [2.05, 4.69) is 20.8 Å². The monoisotopic (exact) mass is 356 g/mol. The number of aryl methyl sites for hydroxylation is 1. The van der Waals surface area contributed by atoms with Crippen LogP contribution in [0.25, 0.3) is 16.2 Å². The molecule has 0 bridgehead atoms. The van der Waals surface area contributed by atoms with Crippen molar-refractivity contribution in [3.8, 4) is 11.3 Å². The van der Waals surface area contributed by atoms with Gasteiger partial charge in [0.15, 0.2) is 11.2 Å². The minimum absolute atomic E-state index is 0.288. The van der Waals surface area contributed by atoms with Crippen LogP contribution in [-0.4, -0.2) is 15.7 Å². The first-order valence-electron chi connectivity index (χ1n) is 8.62. The number of rotatable bonds is 2. The summed E-state index contributed by atoms with van der Waals surface area (Å²) >= 11 is 1.69. The second-order valence-corrected chi connectivity index (χ2v) is 8.93. The third-order valence-electron chi connectivity index (χ3n) is 5.30. The fourth-order valence-corrected chi connectivity index (χ4v) is 5.00. The molecular weight excluding hydrogens is 335 g/mol. The van der Waals surface area contributed by atoms with Crippen LogP contribution >= 0.6 is 11.3 Å². The van der Waals surface area contributed by atoms with E-state index in [0.717, 1.165) is 36.1 Å². The molecule has 25 heavy (non-hydrogen) atoms. The average Bonchev–Trinajstić information content (AvgIpc) is 3.09. The molecule has 0 saturated carbocycles. The fraction of sp³-hybridized carbons (Fsp3) is 0.400. The largest absolute Gasteiger partial charge is 0.296 e. The third-order valence-corrected chi connectivity index (χ3v) is 6.41. The van der Waals surface area contributed by atoms with Crippen molar-refractivity contribution < 1.29 is 9.18 Å². The van der Waals surface area contributed by atoms with Crippen LogP contribution in [0.15, 0.2) is 24.3 Å². The van der Waals surface area contributed by atoms with E-state index >= 15 is 0 Å². The highest BCUT2D eigenvalue weighted by molar-refractivity contribution is 7.17. The van der Waals surface area contributed by atoms with E-state index in [1.165, 1.54) is 22.7 Å². The Morgan fingerprint density at radius 2 is 2.00 bits per heavy atom. The number of benzene rings is 1. The summed E-state index contributed by atoms with van der Waals surface area (Å²) in [7, 11) is 0. The second-order valence-electron chi connectivity index (χ2n) is 7.87. The zero-order chi connectivity index (χ0) is 17.8. The summed E-state index contributed by atoms with van der Waals surface area (Å²) in [6, 6.07) is 6.16. The van der Waals surface area contributed by atoms with Crippen LogP contribution in [0.3, 0.4) is 0 Å². The van der Waals surface area contributed by atoms with Crippen molar-refractivity contribution in [3.63, 3.8) is 0 Å². The molecule has 130 valence electrons. The van der Waals surface area contributed by atoms with Gasteiger partial charge in [-0.15, -0.1) is 11.3 Å². The van der Waals surface area contributed by atoms with Crippen LogP contribution in [0.2, 0.25) is 0 Å². The van der Waals surface area contributed by atoms with E-state index in [0.29, 0.717) is 17.3 Å². The molecule has 2 aromatic heterocycles. The van der Waals surface area contributed by atoms with E-state index in [9.17, 15) is 9.18 Å². The van der Waals surface area contributed by atoms with Crippen molar-refractivity contribution in [1.29, 1.82) is 0 Å². The SMILES string of the molecule is CC(C)(C)C1CCc2c(sc3nc(-c4ccc(F)cc4)c(C=O)n23)C1. The van der Waals surface area contributed by atoms with Crippen molar-refractivity contribution >= 4 is 22.6 Å². The van der Waals surface area contributed by atoms with Gasteiger partial charge >= 0.3 is 0 Å². The predicted octanol–water partition coefficient (Wildman–Crippen LogP) is 5.17. The summed E-state index contributed by atoms with van der Waals surface area (Å²) in [5, 5.41) is 0. The van der Waals surface area contributed by atoms with Gasteiger partial charge in [0, 0.05) is 16.1 Å². The summed E-state index contributed by atoms with van der Waals surface area (Å²) < 4.78 is 15.2. The Bertz CT molecular complexity index is 947. The van der Waals surface area contributed by atoms with Gasteiger partial charge in [-0.1, -0.05) is 20.8 Å². The maximum Gasteiger partial charge on any atom is 0.195 e. The molecule has 2 heterocycles. The molecule has 3 aromatic rings. The maximum atomic E-state index is 13.2. The Balaban J connectivity index is 1.82. The van der Waals surface area contributed by atoms with Gasteiger partial charge in [-0.25, -0.2) is 9.37 Å². The zero-order valence-corrected chi connectivity index (χ0v) is 15.5. The highest BCUT2D eigenvalue weighted by Gasteiger charge is 2.32. The molecule has 0 spiro atoms. The number of aldehydes is 1. The molecule has 0 N–H and O–H groups in total. The van der Waals surface area contributed by atoms with Gasteiger partial charge in [0.1, 0.15) is 17.2 Å². The summed E-state index contributed by atoms with van der Waals surface area (Å²) in [5.41, 5.74) is 3.51. The predicted molar refractivity (Wildman–Crippen MR) is 98.8 cm³/mol. The molecule has 1 aliphatic carbocycles. The molecule has 1 aromatic carbocycles. The first kappa shape index (κ1) is 16.5. The molecule has 4 rings (SSSR count). The van der Waals surface area contributed by atoms with Crippen LogP contribution < -0.4 is 0 Å². The Kier molecular flexibility index (Phi) is 3.80. The number of thiazole rings is 1.